The Morgan fingerprint density at radius 2 is 2.25 bits per heavy atom. The van der Waals surface area contributed by atoms with E-state index in [0.29, 0.717) is 19.5 Å². The summed E-state index contributed by atoms with van der Waals surface area (Å²) in [6, 6.07) is 7.94. The van der Waals surface area contributed by atoms with Crippen LogP contribution in [0.2, 0.25) is 0 Å². The van der Waals surface area contributed by atoms with Crippen LogP contribution in [0, 0.1) is 0 Å². The molecule has 0 saturated carbocycles. The van der Waals surface area contributed by atoms with Crippen molar-refractivity contribution >= 4 is 23.4 Å². The van der Waals surface area contributed by atoms with Crippen molar-refractivity contribution in [2.24, 2.45) is 5.73 Å². The maximum absolute atomic E-state index is 11.9. The van der Waals surface area contributed by atoms with Crippen molar-refractivity contribution in [1.82, 2.24) is 0 Å². The molecule has 0 atom stereocenters. The summed E-state index contributed by atoms with van der Waals surface area (Å²) < 4.78 is 0. The summed E-state index contributed by atoms with van der Waals surface area (Å²) in [5.41, 5.74) is 6.41. The van der Waals surface area contributed by atoms with Crippen molar-refractivity contribution in [3.63, 3.8) is 0 Å². The molecule has 0 aliphatic carbocycles. The Labute approximate surface area is 99.3 Å². The molecule has 1 heterocycles. The molecule has 16 heavy (non-hydrogen) atoms. The zero-order valence-electron chi connectivity index (χ0n) is 8.93. The molecule has 0 radical (unpaired) electrons. The second-order valence-corrected chi connectivity index (χ2v) is 4.45. The Hall–Kier alpha value is -1.26. The van der Waals surface area contributed by atoms with E-state index in [1.807, 2.05) is 35.7 Å². The molecule has 0 unspecified atom stereocenters. The highest BCUT2D eigenvalue weighted by atomic mass is 32.2. The smallest absolute Gasteiger partial charge is 0.228 e. The molecule has 1 aromatic carbocycles. The largest absolute Gasteiger partial charge is 0.330 e. The van der Waals surface area contributed by atoms with Gasteiger partial charge in [-0.05, 0) is 17.5 Å². The molecule has 1 aliphatic rings. The Kier molecular flexibility index (Phi) is 3.64. The minimum Gasteiger partial charge on any atom is -0.330 e. The summed E-state index contributed by atoms with van der Waals surface area (Å²) in [5.74, 6) is 0.0853. The van der Waals surface area contributed by atoms with Crippen molar-refractivity contribution in [2.75, 3.05) is 18.0 Å². The fraction of sp³-hybridized carbons (Fsp3) is 0.250. The van der Waals surface area contributed by atoms with Crippen molar-refractivity contribution < 1.29 is 4.79 Å². The van der Waals surface area contributed by atoms with Gasteiger partial charge in [-0.15, -0.1) is 0 Å². The molecule has 0 spiro atoms. The van der Waals surface area contributed by atoms with Gasteiger partial charge >= 0.3 is 0 Å². The molecule has 1 aliphatic heterocycles. The standard InChI is InChI=1S/C12H14N2OS/c13-7-6-12(15)14-8-3-9-16-11-5-2-1-4-10(11)14/h1-5,9H,6-8,13H2. The van der Waals surface area contributed by atoms with Crippen LogP contribution in [-0.4, -0.2) is 19.0 Å². The number of para-hydroxylation sites is 1. The molecule has 0 aromatic heterocycles. The average Bonchev–Trinajstić information content (AvgIpc) is 2.51. The molecule has 1 aromatic rings. The Bertz CT molecular complexity index is 417. The third kappa shape index (κ3) is 2.28. The van der Waals surface area contributed by atoms with Crippen molar-refractivity contribution in [3.05, 3.63) is 35.7 Å². The third-order valence-electron chi connectivity index (χ3n) is 2.39. The van der Waals surface area contributed by atoms with Crippen molar-refractivity contribution in [1.29, 1.82) is 0 Å². The molecule has 2 rings (SSSR count). The molecule has 2 N–H and O–H groups in total. The number of anilines is 1. The van der Waals surface area contributed by atoms with E-state index in [0.717, 1.165) is 10.6 Å². The molecule has 0 fully saturated rings. The Balaban J connectivity index is 2.32. The fourth-order valence-electron chi connectivity index (χ4n) is 1.64. The molecule has 0 bridgehead atoms. The molecular weight excluding hydrogens is 220 g/mol. The first-order chi connectivity index (χ1) is 7.83. The van der Waals surface area contributed by atoms with Gasteiger partial charge in [0.2, 0.25) is 5.91 Å². The zero-order chi connectivity index (χ0) is 11.4. The van der Waals surface area contributed by atoms with Crippen molar-refractivity contribution in [2.45, 2.75) is 11.3 Å². The maximum atomic E-state index is 11.9. The predicted octanol–water partition coefficient (Wildman–Crippen LogP) is 1.99. The van der Waals surface area contributed by atoms with Crippen LogP contribution in [-0.2, 0) is 4.79 Å². The van der Waals surface area contributed by atoms with Gasteiger partial charge in [0.15, 0.2) is 0 Å². The van der Waals surface area contributed by atoms with Gasteiger partial charge in [-0.1, -0.05) is 30.0 Å². The van der Waals surface area contributed by atoms with Crippen molar-refractivity contribution in [3.8, 4) is 0 Å². The van der Waals surface area contributed by atoms with E-state index in [1.165, 1.54) is 0 Å². The normalized spacial score (nSPS) is 14.4. The van der Waals surface area contributed by atoms with Gasteiger partial charge in [0.05, 0.1) is 5.69 Å². The van der Waals surface area contributed by atoms with Crippen LogP contribution in [0.1, 0.15) is 6.42 Å². The lowest BCUT2D eigenvalue weighted by molar-refractivity contribution is -0.118. The summed E-state index contributed by atoms with van der Waals surface area (Å²) in [6.07, 6.45) is 2.39. The number of carbonyl (C=O) groups is 1. The lowest BCUT2D eigenvalue weighted by Crippen LogP contribution is -2.32. The van der Waals surface area contributed by atoms with Gasteiger partial charge in [0.25, 0.3) is 0 Å². The van der Waals surface area contributed by atoms with Crippen LogP contribution in [0.15, 0.2) is 40.6 Å². The topological polar surface area (TPSA) is 46.3 Å². The number of rotatable bonds is 2. The van der Waals surface area contributed by atoms with E-state index in [4.69, 9.17) is 5.73 Å². The lowest BCUT2D eigenvalue weighted by Gasteiger charge is -2.21. The first-order valence-electron chi connectivity index (χ1n) is 5.24. The van der Waals surface area contributed by atoms with Crippen LogP contribution in [0.4, 0.5) is 5.69 Å². The maximum Gasteiger partial charge on any atom is 0.228 e. The summed E-state index contributed by atoms with van der Waals surface area (Å²) in [7, 11) is 0. The molecule has 0 saturated heterocycles. The summed E-state index contributed by atoms with van der Waals surface area (Å²) in [6.45, 7) is 1.03. The van der Waals surface area contributed by atoms with E-state index < -0.39 is 0 Å². The van der Waals surface area contributed by atoms with Crippen LogP contribution in [0.5, 0.6) is 0 Å². The van der Waals surface area contributed by atoms with Gasteiger partial charge < -0.3 is 10.6 Å². The third-order valence-corrected chi connectivity index (χ3v) is 3.32. The number of benzene rings is 1. The van der Waals surface area contributed by atoms with Crippen LogP contribution in [0.25, 0.3) is 0 Å². The highest BCUT2D eigenvalue weighted by Gasteiger charge is 2.18. The molecule has 4 heteroatoms. The van der Waals surface area contributed by atoms with E-state index in [-0.39, 0.29) is 5.91 Å². The summed E-state index contributed by atoms with van der Waals surface area (Å²) >= 11 is 1.64. The molecule has 84 valence electrons. The molecule has 1 amide bonds. The number of thioether (sulfide) groups is 1. The fourth-order valence-corrected chi connectivity index (χ4v) is 2.43. The van der Waals surface area contributed by atoms with Crippen LogP contribution in [0.3, 0.4) is 0 Å². The summed E-state index contributed by atoms with van der Waals surface area (Å²) in [5, 5.41) is 2.02. The highest BCUT2D eigenvalue weighted by molar-refractivity contribution is 8.02. The van der Waals surface area contributed by atoms with Crippen LogP contribution >= 0.6 is 11.8 Å². The first-order valence-corrected chi connectivity index (χ1v) is 6.12. The predicted molar refractivity (Wildman–Crippen MR) is 67.5 cm³/mol. The van der Waals surface area contributed by atoms with Gasteiger partial charge in [-0.2, -0.15) is 0 Å². The number of hydrogen-bond acceptors (Lipinski definition) is 3. The molecular formula is C12H14N2OS. The minimum atomic E-state index is 0.0853. The lowest BCUT2D eigenvalue weighted by atomic mass is 10.2. The van der Waals surface area contributed by atoms with E-state index in [9.17, 15) is 4.79 Å². The second-order valence-electron chi connectivity index (χ2n) is 3.50. The van der Waals surface area contributed by atoms with Gasteiger partial charge in [-0.3, -0.25) is 4.79 Å². The van der Waals surface area contributed by atoms with E-state index >= 15 is 0 Å². The number of nitrogens with zero attached hydrogens (tertiary/aromatic N) is 1. The van der Waals surface area contributed by atoms with E-state index in [1.54, 1.807) is 16.7 Å². The average molecular weight is 234 g/mol. The Morgan fingerprint density at radius 3 is 3.06 bits per heavy atom. The number of fused-ring (bicyclic) bond motifs is 1. The minimum absolute atomic E-state index is 0.0853. The first kappa shape index (κ1) is 11.2. The summed E-state index contributed by atoms with van der Waals surface area (Å²) in [4.78, 5) is 14.8. The zero-order valence-corrected chi connectivity index (χ0v) is 9.74. The quantitative estimate of drug-likeness (QED) is 0.851. The SMILES string of the molecule is NCCC(=O)N1CC=CSc2ccccc21. The number of carbonyl (C=O) groups excluding carboxylic acids is 1. The number of nitrogens with two attached hydrogens (primary N) is 1. The highest BCUT2D eigenvalue weighted by Crippen LogP contribution is 2.33. The number of hydrogen-bond donors (Lipinski definition) is 1. The molecule has 3 nitrogen and oxygen atoms in total. The second kappa shape index (κ2) is 5.18. The van der Waals surface area contributed by atoms with Crippen LogP contribution < -0.4 is 10.6 Å². The Morgan fingerprint density at radius 1 is 1.44 bits per heavy atom. The van der Waals surface area contributed by atoms with Gasteiger partial charge in [0.1, 0.15) is 0 Å². The van der Waals surface area contributed by atoms with E-state index in [2.05, 4.69) is 0 Å². The number of amides is 1. The van der Waals surface area contributed by atoms with Gasteiger partial charge in [-0.25, -0.2) is 0 Å². The van der Waals surface area contributed by atoms with Gasteiger partial charge in [0, 0.05) is 24.4 Å². The monoisotopic (exact) mass is 234 g/mol.